The third kappa shape index (κ3) is 3.51. The van der Waals surface area contributed by atoms with Crippen LogP contribution < -0.4 is 10.6 Å². The molecule has 1 rings (SSSR count). The molecule has 0 bridgehead atoms. The highest BCUT2D eigenvalue weighted by atomic mass is 16.3. The van der Waals surface area contributed by atoms with Gasteiger partial charge in [-0.2, -0.15) is 0 Å². The molecule has 1 aliphatic rings. The first-order valence-corrected chi connectivity index (χ1v) is 5.24. The predicted molar refractivity (Wildman–Crippen MR) is 55.1 cm³/mol. The fourth-order valence-corrected chi connectivity index (χ4v) is 1.34. The summed E-state index contributed by atoms with van der Waals surface area (Å²) in [5.41, 5.74) is -0.877. The zero-order valence-corrected chi connectivity index (χ0v) is 9.17. The molecule has 15 heavy (non-hydrogen) atoms. The van der Waals surface area contributed by atoms with E-state index < -0.39 is 11.6 Å². The Morgan fingerprint density at radius 2 is 2.40 bits per heavy atom. The fraction of sp³-hybridized carbons (Fsp3) is 0.800. The number of hydrogen-bond acceptors (Lipinski definition) is 3. The lowest BCUT2D eigenvalue weighted by Gasteiger charge is -2.22. The molecule has 1 saturated heterocycles. The summed E-state index contributed by atoms with van der Waals surface area (Å²) in [7, 11) is 0. The van der Waals surface area contributed by atoms with Crippen LogP contribution >= 0.6 is 0 Å². The van der Waals surface area contributed by atoms with E-state index in [0.29, 0.717) is 19.3 Å². The molecule has 1 heterocycles. The largest absolute Gasteiger partial charge is 0.388 e. The summed E-state index contributed by atoms with van der Waals surface area (Å²) in [6.07, 6.45) is 1.52. The molecule has 86 valence electrons. The Balaban J connectivity index is 2.33. The van der Waals surface area contributed by atoms with Crippen LogP contribution in [0.25, 0.3) is 0 Å². The molecule has 2 atom stereocenters. The molecule has 5 nitrogen and oxygen atoms in total. The van der Waals surface area contributed by atoms with Gasteiger partial charge in [0.2, 0.25) is 11.8 Å². The zero-order valence-electron chi connectivity index (χ0n) is 9.17. The van der Waals surface area contributed by atoms with Gasteiger partial charge in [-0.05, 0) is 19.8 Å². The fourth-order valence-electron chi connectivity index (χ4n) is 1.34. The first-order chi connectivity index (χ1) is 6.94. The molecule has 5 heteroatoms. The Kier molecular flexibility index (Phi) is 3.68. The zero-order chi connectivity index (χ0) is 11.5. The van der Waals surface area contributed by atoms with Crippen LogP contribution in [0.3, 0.4) is 0 Å². The first-order valence-electron chi connectivity index (χ1n) is 5.24. The second-order valence-electron chi connectivity index (χ2n) is 4.23. The van der Waals surface area contributed by atoms with E-state index in [1.165, 1.54) is 0 Å². The summed E-state index contributed by atoms with van der Waals surface area (Å²) >= 11 is 0. The Morgan fingerprint density at radius 1 is 1.73 bits per heavy atom. The van der Waals surface area contributed by atoms with Crippen molar-refractivity contribution < 1.29 is 14.7 Å². The van der Waals surface area contributed by atoms with Crippen molar-refractivity contribution in [1.29, 1.82) is 0 Å². The number of aliphatic hydroxyl groups is 1. The van der Waals surface area contributed by atoms with Crippen molar-refractivity contribution in [3.63, 3.8) is 0 Å². The Morgan fingerprint density at radius 3 is 2.87 bits per heavy atom. The van der Waals surface area contributed by atoms with Gasteiger partial charge in [0.15, 0.2) is 0 Å². The average Bonchev–Trinajstić information content (AvgIpc) is 2.61. The van der Waals surface area contributed by atoms with Crippen molar-refractivity contribution in [2.45, 2.75) is 44.8 Å². The maximum Gasteiger partial charge on any atom is 0.242 e. The number of carbonyl (C=O) groups excluding carboxylic acids is 2. The van der Waals surface area contributed by atoms with Crippen LogP contribution in [0.5, 0.6) is 0 Å². The minimum absolute atomic E-state index is 0.0857. The SMILES string of the molecule is CCC(C)(O)CNC(=O)[C@H]1CCC(=O)N1. The molecule has 1 unspecified atom stereocenters. The molecular formula is C10H18N2O3. The van der Waals surface area contributed by atoms with Gasteiger partial charge in [-0.25, -0.2) is 0 Å². The highest BCUT2D eigenvalue weighted by Gasteiger charge is 2.28. The molecule has 0 aromatic rings. The lowest BCUT2D eigenvalue weighted by molar-refractivity contribution is -0.126. The van der Waals surface area contributed by atoms with Crippen molar-refractivity contribution in [3.05, 3.63) is 0 Å². The van der Waals surface area contributed by atoms with Crippen LogP contribution in [-0.2, 0) is 9.59 Å². The summed E-state index contributed by atoms with van der Waals surface area (Å²) in [5.74, 6) is -0.299. The third-order valence-electron chi connectivity index (χ3n) is 2.72. The molecule has 1 fully saturated rings. The van der Waals surface area contributed by atoms with E-state index in [9.17, 15) is 14.7 Å². The Bertz CT molecular complexity index is 263. The Labute approximate surface area is 89.2 Å². The van der Waals surface area contributed by atoms with E-state index in [4.69, 9.17) is 0 Å². The van der Waals surface area contributed by atoms with Gasteiger partial charge in [0, 0.05) is 13.0 Å². The standard InChI is InChI=1S/C10H18N2O3/c1-3-10(2,15)6-11-9(14)7-4-5-8(13)12-7/h7,15H,3-6H2,1-2H3,(H,11,14)(H,12,13)/t7-,10?/m1/s1. The molecule has 1 aliphatic heterocycles. The van der Waals surface area contributed by atoms with Crippen LogP contribution in [-0.4, -0.2) is 35.1 Å². The number of amides is 2. The molecule has 0 radical (unpaired) electrons. The molecule has 0 aromatic heterocycles. The van der Waals surface area contributed by atoms with E-state index in [1.807, 2.05) is 6.92 Å². The van der Waals surface area contributed by atoms with E-state index in [2.05, 4.69) is 10.6 Å². The number of carbonyl (C=O) groups is 2. The maximum absolute atomic E-state index is 11.5. The van der Waals surface area contributed by atoms with Crippen molar-refractivity contribution in [1.82, 2.24) is 10.6 Å². The van der Waals surface area contributed by atoms with Crippen molar-refractivity contribution >= 4 is 11.8 Å². The number of rotatable bonds is 4. The summed E-state index contributed by atoms with van der Waals surface area (Å²) in [4.78, 5) is 22.4. The van der Waals surface area contributed by atoms with Gasteiger partial charge in [-0.3, -0.25) is 9.59 Å². The van der Waals surface area contributed by atoms with Gasteiger partial charge in [-0.1, -0.05) is 6.92 Å². The van der Waals surface area contributed by atoms with Crippen LogP contribution in [0, 0.1) is 0 Å². The monoisotopic (exact) mass is 214 g/mol. The van der Waals surface area contributed by atoms with Crippen LogP contribution in [0.1, 0.15) is 33.1 Å². The predicted octanol–water partition coefficient (Wildman–Crippen LogP) is -0.458. The maximum atomic E-state index is 11.5. The molecular weight excluding hydrogens is 196 g/mol. The minimum Gasteiger partial charge on any atom is -0.388 e. The third-order valence-corrected chi connectivity index (χ3v) is 2.72. The van der Waals surface area contributed by atoms with Crippen LogP contribution in [0.15, 0.2) is 0 Å². The molecule has 3 N–H and O–H groups in total. The smallest absolute Gasteiger partial charge is 0.242 e. The lowest BCUT2D eigenvalue weighted by atomic mass is 10.0. The van der Waals surface area contributed by atoms with Gasteiger partial charge < -0.3 is 15.7 Å². The van der Waals surface area contributed by atoms with Crippen LogP contribution in [0.2, 0.25) is 0 Å². The summed E-state index contributed by atoms with van der Waals surface area (Å²) in [6, 6.07) is -0.426. The molecule has 0 saturated carbocycles. The highest BCUT2D eigenvalue weighted by molar-refractivity contribution is 5.90. The van der Waals surface area contributed by atoms with E-state index in [-0.39, 0.29) is 18.4 Å². The lowest BCUT2D eigenvalue weighted by Crippen LogP contribution is -2.47. The van der Waals surface area contributed by atoms with Crippen LogP contribution in [0.4, 0.5) is 0 Å². The van der Waals surface area contributed by atoms with Gasteiger partial charge in [0.05, 0.1) is 5.60 Å². The molecule has 2 amide bonds. The summed E-state index contributed by atoms with van der Waals surface area (Å²) in [5, 5.41) is 14.9. The van der Waals surface area contributed by atoms with Crippen molar-refractivity contribution in [2.75, 3.05) is 6.54 Å². The van der Waals surface area contributed by atoms with Gasteiger partial charge in [0.25, 0.3) is 0 Å². The van der Waals surface area contributed by atoms with Crippen molar-refractivity contribution in [3.8, 4) is 0 Å². The van der Waals surface area contributed by atoms with Gasteiger partial charge in [0.1, 0.15) is 6.04 Å². The molecule has 0 aliphatic carbocycles. The number of nitrogens with one attached hydrogen (secondary N) is 2. The topological polar surface area (TPSA) is 78.4 Å². The van der Waals surface area contributed by atoms with Crippen molar-refractivity contribution in [2.24, 2.45) is 0 Å². The minimum atomic E-state index is -0.877. The first kappa shape index (κ1) is 12.0. The highest BCUT2D eigenvalue weighted by Crippen LogP contribution is 2.09. The summed E-state index contributed by atoms with van der Waals surface area (Å²) in [6.45, 7) is 3.73. The second-order valence-corrected chi connectivity index (χ2v) is 4.23. The Hall–Kier alpha value is -1.10. The summed E-state index contributed by atoms with van der Waals surface area (Å²) < 4.78 is 0. The van der Waals surface area contributed by atoms with E-state index >= 15 is 0 Å². The number of hydrogen-bond donors (Lipinski definition) is 3. The second kappa shape index (κ2) is 4.61. The quantitative estimate of drug-likeness (QED) is 0.592. The average molecular weight is 214 g/mol. The van der Waals surface area contributed by atoms with Gasteiger partial charge in [-0.15, -0.1) is 0 Å². The molecule has 0 spiro atoms. The van der Waals surface area contributed by atoms with E-state index in [0.717, 1.165) is 0 Å². The normalized spacial score (nSPS) is 24.5. The van der Waals surface area contributed by atoms with E-state index in [1.54, 1.807) is 6.92 Å². The van der Waals surface area contributed by atoms with Gasteiger partial charge >= 0.3 is 0 Å². The molecule has 0 aromatic carbocycles.